The molecule has 1 fully saturated rings. The van der Waals surface area contributed by atoms with Gasteiger partial charge in [-0.3, -0.25) is 4.79 Å². The number of halogens is 3. The largest absolute Gasteiger partial charge is 0.419 e. The molecule has 1 unspecified atom stereocenters. The first kappa shape index (κ1) is 15.8. The van der Waals surface area contributed by atoms with Crippen LogP contribution in [0, 0.1) is 0 Å². The lowest BCUT2D eigenvalue weighted by Crippen LogP contribution is -2.50. The number of carbonyl (C=O) groups excluding carboxylic acids is 1. The van der Waals surface area contributed by atoms with Crippen LogP contribution in [0.15, 0.2) is 30.3 Å². The molecule has 0 bridgehead atoms. The van der Waals surface area contributed by atoms with Crippen molar-refractivity contribution in [2.75, 3.05) is 13.1 Å². The van der Waals surface area contributed by atoms with E-state index in [2.05, 4.69) is 0 Å². The first-order valence-corrected chi connectivity index (χ1v) is 6.60. The van der Waals surface area contributed by atoms with Gasteiger partial charge in [0.2, 0.25) is 5.91 Å². The molecule has 0 radical (unpaired) electrons. The van der Waals surface area contributed by atoms with Crippen LogP contribution in [0.1, 0.15) is 12.0 Å². The Kier molecular flexibility index (Phi) is 4.25. The molecule has 1 amide bonds. The number of rotatable bonds is 3. The molecule has 0 saturated carbocycles. The summed E-state index contributed by atoms with van der Waals surface area (Å²) in [5, 5.41) is 9.56. The monoisotopic (exact) mass is 302 g/mol. The molecule has 1 aliphatic rings. The Labute approximate surface area is 120 Å². The standard InChI is InChI=1S/C14H17F3N2O2/c15-14(16,17)13(21)6-7-19(9-13)12(20)11(18)8-10-4-2-1-3-5-10/h1-5,11,21H,6-9,18H2/t11-,13?/m0/s1. The Morgan fingerprint density at radius 3 is 2.52 bits per heavy atom. The molecule has 0 aliphatic carbocycles. The van der Waals surface area contributed by atoms with Gasteiger partial charge in [-0.25, -0.2) is 0 Å². The summed E-state index contributed by atoms with van der Waals surface area (Å²) in [5.41, 5.74) is 3.79. The zero-order chi connectivity index (χ0) is 15.7. The third-order valence-electron chi connectivity index (χ3n) is 3.70. The van der Waals surface area contributed by atoms with Crippen molar-refractivity contribution >= 4 is 5.91 Å². The number of nitrogens with two attached hydrogens (primary N) is 1. The van der Waals surface area contributed by atoms with Crippen LogP contribution in [0.25, 0.3) is 0 Å². The van der Waals surface area contributed by atoms with Gasteiger partial charge in [0, 0.05) is 13.0 Å². The Bertz CT molecular complexity index is 507. The lowest BCUT2D eigenvalue weighted by atomic mass is 10.0. The maximum Gasteiger partial charge on any atom is 0.419 e. The van der Waals surface area contributed by atoms with E-state index >= 15 is 0 Å². The molecule has 4 nitrogen and oxygen atoms in total. The molecule has 1 aliphatic heterocycles. The lowest BCUT2D eigenvalue weighted by molar-refractivity contribution is -0.253. The third kappa shape index (κ3) is 3.36. The van der Waals surface area contributed by atoms with E-state index in [1.807, 2.05) is 6.07 Å². The van der Waals surface area contributed by atoms with Crippen LogP contribution in [-0.2, 0) is 11.2 Å². The molecule has 116 valence electrons. The van der Waals surface area contributed by atoms with Crippen LogP contribution in [0.2, 0.25) is 0 Å². The molecular formula is C14H17F3N2O2. The van der Waals surface area contributed by atoms with Gasteiger partial charge in [0.25, 0.3) is 0 Å². The van der Waals surface area contributed by atoms with Gasteiger partial charge in [-0.15, -0.1) is 0 Å². The molecule has 0 aromatic heterocycles. The quantitative estimate of drug-likeness (QED) is 0.878. The normalized spacial score (nSPS) is 24.1. The van der Waals surface area contributed by atoms with Crippen molar-refractivity contribution in [2.24, 2.45) is 5.73 Å². The Morgan fingerprint density at radius 1 is 1.38 bits per heavy atom. The number of nitrogens with zero attached hydrogens (tertiary/aromatic N) is 1. The summed E-state index contributed by atoms with van der Waals surface area (Å²) in [7, 11) is 0. The third-order valence-corrected chi connectivity index (χ3v) is 3.70. The predicted octanol–water partition coefficient (Wildman–Crippen LogP) is 1.08. The number of benzene rings is 1. The second-order valence-corrected chi connectivity index (χ2v) is 5.34. The van der Waals surface area contributed by atoms with Crippen molar-refractivity contribution < 1.29 is 23.1 Å². The SMILES string of the molecule is N[C@@H](Cc1ccccc1)C(=O)N1CCC(O)(C(F)(F)F)C1. The van der Waals surface area contributed by atoms with Crippen molar-refractivity contribution in [1.29, 1.82) is 0 Å². The maximum atomic E-state index is 12.7. The van der Waals surface area contributed by atoms with Crippen LogP contribution in [-0.4, -0.2) is 46.8 Å². The smallest absolute Gasteiger partial charge is 0.379 e. The summed E-state index contributed by atoms with van der Waals surface area (Å²) in [6.07, 6.45) is -5.01. The van der Waals surface area contributed by atoms with Gasteiger partial charge in [-0.2, -0.15) is 13.2 Å². The maximum absolute atomic E-state index is 12.7. The van der Waals surface area contributed by atoms with E-state index in [0.29, 0.717) is 0 Å². The van der Waals surface area contributed by atoms with E-state index in [1.54, 1.807) is 24.3 Å². The zero-order valence-corrected chi connectivity index (χ0v) is 11.3. The first-order valence-electron chi connectivity index (χ1n) is 6.60. The molecule has 2 rings (SSSR count). The van der Waals surface area contributed by atoms with Crippen LogP contribution in [0.5, 0.6) is 0 Å². The van der Waals surface area contributed by atoms with Gasteiger partial charge in [-0.05, 0) is 12.0 Å². The number of alkyl halides is 3. The molecule has 1 aromatic carbocycles. The number of carbonyl (C=O) groups is 1. The van der Waals surface area contributed by atoms with E-state index in [-0.39, 0.29) is 13.0 Å². The van der Waals surface area contributed by atoms with E-state index < -0.39 is 36.7 Å². The van der Waals surface area contributed by atoms with Gasteiger partial charge in [0.1, 0.15) is 0 Å². The summed E-state index contributed by atoms with van der Waals surface area (Å²) < 4.78 is 38.1. The highest BCUT2D eigenvalue weighted by molar-refractivity contribution is 5.82. The molecule has 3 N–H and O–H groups in total. The summed E-state index contributed by atoms with van der Waals surface area (Å²) >= 11 is 0. The average molecular weight is 302 g/mol. The van der Waals surface area contributed by atoms with Crippen LogP contribution < -0.4 is 5.73 Å². The Morgan fingerprint density at radius 2 is 2.00 bits per heavy atom. The number of hydrogen-bond acceptors (Lipinski definition) is 3. The van der Waals surface area contributed by atoms with Gasteiger partial charge in [-0.1, -0.05) is 30.3 Å². The summed E-state index contributed by atoms with van der Waals surface area (Å²) in [6.45, 7) is -0.894. The fraction of sp³-hybridized carbons (Fsp3) is 0.500. The minimum atomic E-state index is -4.74. The molecule has 21 heavy (non-hydrogen) atoms. The van der Waals surface area contributed by atoms with E-state index in [0.717, 1.165) is 10.5 Å². The summed E-state index contributed by atoms with van der Waals surface area (Å²) in [4.78, 5) is 13.1. The minimum absolute atomic E-state index is 0.142. The van der Waals surface area contributed by atoms with Crippen LogP contribution >= 0.6 is 0 Å². The van der Waals surface area contributed by atoms with E-state index in [9.17, 15) is 23.1 Å². The Hall–Kier alpha value is -1.60. The minimum Gasteiger partial charge on any atom is -0.379 e. The lowest BCUT2D eigenvalue weighted by Gasteiger charge is -2.26. The molecular weight excluding hydrogens is 285 g/mol. The van der Waals surface area contributed by atoms with Crippen LogP contribution in [0.3, 0.4) is 0 Å². The summed E-state index contributed by atoms with van der Waals surface area (Å²) in [5.74, 6) is -0.570. The van der Waals surface area contributed by atoms with Crippen molar-refractivity contribution in [2.45, 2.75) is 30.7 Å². The van der Waals surface area contributed by atoms with E-state index in [4.69, 9.17) is 5.73 Å². The van der Waals surface area contributed by atoms with Crippen molar-refractivity contribution in [3.05, 3.63) is 35.9 Å². The molecule has 2 atom stereocenters. The topological polar surface area (TPSA) is 66.6 Å². The second kappa shape index (κ2) is 5.65. The number of amides is 1. The van der Waals surface area contributed by atoms with Gasteiger partial charge in [0.05, 0.1) is 12.6 Å². The van der Waals surface area contributed by atoms with Crippen LogP contribution in [0.4, 0.5) is 13.2 Å². The number of hydrogen-bond donors (Lipinski definition) is 2. The van der Waals surface area contributed by atoms with E-state index in [1.165, 1.54) is 0 Å². The highest BCUT2D eigenvalue weighted by Gasteiger charge is 2.57. The van der Waals surface area contributed by atoms with Gasteiger partial charge >= 0.3 is 6.18 Å². The van der Waals surface area contributed by atoms with Crippen molar-refractivity contribution in [3.63, 3.8) is 0 Å². The number of β-amino-alcohol motifs (C(OH)–C–C–N with tert-alkyl or cyclic N) is 1. The van der Waals surface area contributed by atoms with Crippen molar-refractivity contribution in [3.8, 4) is 0 Å². The summed E-state index contributed by atoms with van der Waals surface area (Å²) in [6, 6.07) is 8.09. The fourth-order valence-corrected chi connectivity index (χ4v) is 2.40. The zero-order valence-electron chi connectivity index (χ0n) is 11.3. The molecule has 0 spiro atoms. The molecule has 1 heterocycles. The molecule has 1 saturated heterocycles. The predicted molar refractivity (Wildman–Crippen MR) is 70.3 cm³/mol. The van der Waals surface area contributed by atoms with Crippen molar-refractivity contribution in [1.82, 2.24) is 4.90 Å². The molecule has 7 heteroatoms. The molecule has 1 aromatic rings. The highest BCUT2D eigenvalue weighted by atomic mass is 19.4. The number of likely N-dealkylation sites (tertiary alicyclic amines) is 1. The second-order valence-electron chi connectivity index (χ2n) is 5.34. The first-order chi connectivity index (χ1) is 9.73. The average Bonchev–Trinajstić information content (AvgIpc) is 2.82. The number of aliphatic hydroxyl groups is 1. The fourth-order valence-electron chi connectivity index (χ4n) is 2.40. The Balaban J connectivity index is 1.98. The highest BCUT2D eigenvalue weighted by Crippen LogP contribution is 2.37. The van der Waals surface area contributed by atoms with Gasteiger partial charge in [0.15, 0.2) is 5.60 Å². The van der Waals surface area contributed by atoms with Gasteiger partial charge < -0.3 is 15.7 Å².